The lowest BCUT2D eigenvalue weighted by molar-refractivity contribution is -0.156. The average Bonchev–Trinajstić information content (AvgIpc) is 4.06. The molecule has 8 heterocycles. The van der Waals surface area contributed by atoms with Crippen molar-refractivity contribution in [1.29, 1.82) is 0 Å². The largest absolute Gasteiger partial charge is 0.481 e. The molecule has 2 N–H and O–H groups in total. The van der Waals surface area contributed by atoms with E-state index in [9.17, 15) is 43.2 Å². The number of aldehydes is 2. The van der Waals surface area contributed by atoms with Crippen LogP contribution in [0.25, 0.3) is 34.4 Å². The van der Waals surface area contributed by atoms with Gasteiger partial charge in [0.2, 0.25) is 47.9 Å². The zero-order chi connectivity index (χ0) is 57.3. The quantitative estimate of drug-likeness (QED) is 0.104. The molecular formula is C44H52F6N14O12S2. The van der Waals surface area contributed by atoms with Gasteiger partial charge in [-0.2, -0.15) is 46.3 Å². The summed E-state index contributed by atoms with van der Waals surface area (Å²) >= 11 is 0. The number of hydrogen-bond acceptors (Lipinski definition) is 24. The van der Waals surface area contributed by atoms with Gasteiger partial charge in [0.25, 0.3) is 0 Å². The minimum atomic E-state index is -4.64. The molecule has 0 saturated carbocycles. The highest BCUT2D eigenvalue weighted by atomic mass is 32.2. The van der Waals surface area contributed by atoms with Crippen LogP contribution in [-0.4, -0.2) is 181 Å². The Balaban J connectivity index is 0.000000238. The second kappa shape index (κ2) is 27.5. The van der Waals surface area contributed by atoms with Crippen molar-refractivity contribution in [2.75, 3.05) is 68.8 Å². The third-order valence-electron chi connectivity index (χ3n) is 11.0. The molecule has 0 bridgehead atoms. The third-order valence-corrected chi connectivity index (χ3v) is 15.1. The molecule has 26 nitrogen and oxygen atoms in total. The van der Waals surface area contributed by atoms with E-state index in [0.717, 1.165) is 25.9 Å². The van der Waals surface area contributed by atoms with Crippen molar-refractivity contribution >= 4 is 32.2 Å². The minimum absolute atomic E-state index is 0.170. The molecule has 0 spiro atoms. The van der Waals surface area contributed by atoms with Gasteiger partial charge < -0.3 is 39.1 Å². The molecule has 78 heavy (non-hydrogen) atoms. The Hall–Kier alpha value is -7.72. The van der Waals surface area contributed by atoms with E-state index >= 15 is 0 Å². The van der Waals surface area contributed by atoms with E-state index in [2.05, 4.69) is 60.9 Å². The van der Waals surface area contributed by atoms with Gasteiger partial charge in [0.1, 0.15) is 35.5 Å². The summed E-state index contributed by atoms with van der Waals surface area (Å²) in [6.07, 6.45) is -6.05. The van der Waals surface area contributed by atoms with Gasteiger partial charge in [-0.1, -0.05) is 12.1 Å². The van der Waals surface area contributed by atoms with Gasteiger partial charge in [0.05, 0.1) is 53.2 Å². The summed E-state index contributed by atoms with van der Waals surface area (Å²) in [5, 5.41) is 22.3. The second-order valence-corrected chi connectivity index (χ2v) is 20.6. The van der Waals surface area contributed by atoms with E-state index in [-0.39, 0.29) is 69.7 Å². The lowest BCUT2D eigenvalue weighted by Gasteiger charge is -2.23. The van der Waals surface area contributed by atoms with E-state index in [1.165, 1.54) is 64.4 Å². The molecular weight excluding hydrogens is 1090 g/mol. The molecule has 0 amide bonds. The number of methoxy groups -OCH3 is 6. The first-order chi connectivity index (χ1) is 37.1. The summed E-state index contributed by atoms with van der Waals surface area (Å²) in [5.41, 5.74) is 1.38. The highest BCUT2D eigenvalue weighted by Crippen LogP contribution is 2.36. The summed E-state index contributed by atoms with van der Waals surface area (Å²) in [6.45, 7) is 2.43. The van der Waals surface area contributed by atoms with Crippen LogP contribution in [-0.2, 0) is 40.8 Å². The zero-order valence-electron chi connectivity index (χ0n) is 42.3. The van der Waals surface area contributed by atoms with Gasteiger partial charge in [-0.05, 0) is 50.9 Å². The Labute approximate surface area is 441 Å². The number of halogens is 6. The molecule has 8 rings (SSSR count). The van der Waals surface area contributed by atoms with E-state index in [1.54, 1.807) is 36.4 Å². The number of pyridine rings is 2. The second-order valence-electron chi connectivity index (χ2n) is 16.0. The van der Waals surface area contributed by atoms with Gasteiger partial charge in [-0.3, -0.25) is 18.7 Å². The van der Waals surface area contributed by atoms with E-state index in [0.29, 0.717) is 49.1 Å². The Bertz CT molecular complexity index is 2920. The SMILES string of the molecule is COc1cccc(-c2nnc(CS(=O)(=O)C3CCCNC3)n2-c2c(OC)ncnc2OC)n1.COc1cccc(-c2nnc(CS(=O)(=O)C3CCCNC3)n2-c2c(OC)ncnc2OC)n1.O=CC(F)(F)F.O=CC(F)(F)F. The van der Waals surface area contributed by atoms with Crippen LogP contribution in [0.5, 0.6) is 35.3 Å². The fourth-order valence-corrected chi connectivity index (χ4v) is 10.8. The first-order valence-corrected chi connectivity index (χ1v) is 26.2. The number of carbonyl (C=O) groups excluding carboxylic acids is 2. The van der Waals surface area contributed by atoms with Crippen molar-refractivity contribution in [1.82, 2.24) is 70.1 Å². The van der Waals surface area contributed by atoms with Gasteiger partial charge in [-0.25, -0.2) is 26.8 Å². The first kappa shape index (κ1) is 61.1. The molecule has 0 aromatic carbocycles. The van der Waals surface area contributed by atoms with Crippen molar-refractivity contribution in [3.8, 4) is 69.7 Å². The Morgan fingerprint density at radius 2 is 0.885 bits per heavy atom. The van der Waals surface area contributed by atoms with Crippen LogP contribution in [0.4, 0.5) is 26.3 Å². The number of sulfone groups is 2. The lowest BCUT2D eigenvalue weighted by atomic mass is 10.2. The monoisotopic (exact) mass is 1150 g/mol. The fraction of sp³-hybridized carbons (Fsp3) is 0.455. The van der Waals surface area contributed by atoms with Gasteiger partial charge in [0.15, 0.2) is 54.3 Å². The smallest absolute Gasteiger partial charge is 0.446 e. The van der Waals surface area contributed by atoms with Crippen molar-refractivity contribution in [2.45, 2.75) is 60.0 Å². The number of ether oxygens (including phenoxy) is 6. The van der Waals surface area contributed by atoms with Crippen LogP contribution >= 0.6 is 0 Å². The summed E-state index contributed by atoms with van der Waals surface area (Å²) in [4.78, 5) is 42.9. The highest BCUT2D eigenvalue weighted by Gasteiger charge is 2.35. The molecule has 424 valence electrons. The number of nitrogens with one attached hydrogen (secondary N) is 2. The van der Waals surface area contributed by atoms with Crippen LogP contribution in [0.2, 0.25) is 0 Å². The Morgan fingerprint density at radius 1 is 0.551 bits per heavy atom. The van der Waals surface area contributed by atoms with Crippen molar-refractivity contribution in [3.05, 3.63) is 60.7 Å². The van der Waals surface area contributed by atoms with E-state index in [4.69, 9.17) is 38.0 Å². The van der Waals surface area contributed by atoms with Crippen molar-refractivity contribution < 1.29 is 81.2 Å². The summed E-state index contributed by atoms with van der Waals surface area (Å²) < 4.78 is 151. The number of aromatic nitrogens is 12. The van der Waals surface area contributed by atoms with E-state index in [1.807, 2.05) is 0 Å². The van der Waals surface area contributed by atoms with E-state index < -0.39 is 55.1 Å². The normalized spacial score (nSPS) is 15.6. The van der Waals surface area contributed by atoms with Crippen molar-refractivity contribution in [2.24, 2.45) is 0 Å². The number of rotatable bonds is 16. The number of piperidine rings is 2. The summed E-state index contributed by atoms with van der Waals surface area (Å²) in [6, 6.07) is 10.3. The molecule has 2 atom stereocenters. The maximum atomic E-state index is 13.2. The zero-order valence-corrected chi connectivity index (χ0v) is 44.0. The molecule has 0 aliphatic carbocycles. The number of hydrogen-bond donors (Lipinski definition) is 2. The number of nitrogens with zero attached hydrogens (tertiary/aromatic N) is 12. The highest BCUT2D eigenvalue weighted by molar-refractivity contribution is 7.91. The Kier molecular flexibility index (Phi) is 21.6. The molecule has 2 aliphatic heterocycles. The van der Waals surface area contributed by atoms with Gasteiger partial charge in [0, 0.05) is 25.2 Å². The van der Waals surface area contributed by atoms with Crippen molar-refractivity contribution in [3.63, 3.8) is 0 Å². The third kappa shape index (κ3) is 16.2. The molecule has 2 saturated heterocycles. The van der Waals surface area contributed by atoms with Gasteiger partial charge >= 0.3 is 12.4 Å². The molecule has 34 heteroatoms. The van der Waals surface area contributed by atoms with Crippen LogP contribution in [0, 0.1) is 0 Å². The lowest BCUT2D eigenvalue weighted by Crippen LogP contribution is -2.39. The van der Waals surface area contributed by atoms with Crippen LogP contribution in [0.15, 0.2) is 49.1 Å². The molecule has 0 radical (unpaired) electrons. The van der Waals surface area contributed by atoms with Crippen LogP contribution in [0.3, 0.4) is 0 Å². The average molecular weight is 1150 g/mol. The van der Waals surface area contributed by atoms with Crippen LogP contribution < -0.4 is 39.1 Å². The molecule has 6 aromatic heterocycles. The predicted octanol–water partition coefficient (Wildman–Crippen LogP) is 3.12. The topological polar surface area (TPSA) is 321 Å². The summed E-state index contributed by atoms with van der Waals surface area (Å²) in [7, 11) is 1.72. The number of alkyl halides is 6. The molecule has 6 aromatic rings. The van der Waals surface area contributed by atoms with Crippen LogP contribution in [0.1, 0.15) is 37.3 Å². The number of carbonyl (C=O) groups is 2. The standard InChI is InChI=1S/2C20H25N7O5S.2C2HF3O/c2*1-30-16-8-4-7-14(24-16)18-26-25-15(11-33(28,29)13-6-5-9-21-10-13)27(18)17-19(31-2)22-12-23-20(17)32-3;2*3-2(4,5)1-6/h2*4,7-8,12-13,21H,5-6,9-11H2,1-3H3;2*1H. The maximum Gasteiger partial charge on any atom is 0.446 e. The molecule has 2 unspecified atom stereocenters. The summed E-state index contributed by atoms with van der Waals surface area (Å²) in [5.74, 6) is 1.63. The minimum Gasteiger partial charge on any atom is -0.481 e. The molecule has 2 fully saturated rings. The predicted molar refractivity (Wildman–Crippen MR) is 261 cm³/mol. The first-order valence-electron chi connectivity index (χ1n) is 22.8. The fourth-order valence-electron chi connectivity index (χ4n) is 7.45. The molecule has 2 aliphatic rings. The van der Waals surface area contributed by atoms with Gasteiger partial charge in [-0.15, -0.1) is 20.4 Å². The Morgan fingerprint density at radius 3 is 1.15 bits per heavy atom. The maximum absolute atomic E-state index is 13.2.